The summed E-state index contributed by atoms with van der Waals surface area (Å²) in [7, 11) is 0. The lowest BCUT2D eigenvalue weighted by molar-refractivity contribution is -0.137. The zero-order chi connectivity index (χ0) is 15.6. The lowest BCUT2D eigenvalue weighted by Crippen LogP contribution is -2.47. The predicted octanol–water partition coefficient (Wildman–Crippen LogP) is 2.80. The fourth-order valence-corrected chi connectivity index (χ4v) is 2.22. The first-order valence-corrected chi connectivity index (χ1v) is 6.45. The summed E-state index contributed by atoms with van der Waals surface area (Å²) in [6.07, 6.45) is -3.15. The van der Waals surface area contributed by atoms with E-state index in [1.54, 1.807) is 0 Å². The number of hydrogen-bond acceptors (Lipinski definition) is 2. The standard InChI is InChI=1S/C13H15F4N3O/c14-9-4-8(13(15,16)17)5-11(6-9)19-12(21)20-3-1-2-10(18)7-20/h4-6,10H,1-3,7,18H2,(H,19,21). The smallest absolute Gasteiger partial charge is 0.326 e. The van der Waals surface area contributed by atoms with Gasteiger partial charge in [0.1, 0.15) is 5.82 Å². The van der Waals surface area contributed by atoms with Crippen LogP contribution in [0.4, 0.5) is 28.0 Å². The second kappa shape index (κ2) is 5.88. The van der Waals surface area contributed by atoms with Gasteiger partial charge in [0, 0.05) is 24.8 Å². The Morgan fingerprint density at radius 2 is 2.05 bits per heavy atom. The van der Waals surface area contributed by atoms with E-state index < -0.39 is 23.6 Å². The van der Waals surface area contributed by atoms with Gasteiger partial charge in [0.05, 0.1) is 5.56 Å². The van der Waals surface area contributed by atoms with E-state index in [0.717, 1.165) is 18.9 Å². The number of nitrogens with one attached hydrogen (secondary N) is 1. The largest absolute Gasteiger partial charge is 0.416 e. The number of likely N-dealkylation sites (tertiary alicyclic amines) is 1. The summed E-state index contributed by atoms with van der Waals surface area (Å²) in [5.74, 6) is -1.06. The van der Waals surface area contributed by atoms with Crippen LogP contribution in [-0.4, -0.2) is 30.1 Å². The molecular formula is C13H15F4N3O. The highest BCUT2D eigenvalue weighted by Crippen LogP contribution is 2.31. The number of rotatable bonds is 1. The van der Waals surface area contributed by atoms with Gasteiger partial charge in [-0.15, -0.1) is 0 Å². The number of carbonyl (C=O) groups excluding carboxylic acids is 1. The molecule has 21 heavy (non-hydrogen) atoms. The maximum atomic E-state index is 13.2. The van der Waals surface area contributed by atoms with Gasteiger partial charge in [-0.1, -0.05) is 0 Å². The van der Waals surface area contributed by atoms with Crippen LogP contribution >= 0.6 is 0 Å². The van der Waals surface area contributed by atoms with Crippen LogP contribution in [0.3, 0.4) is 0 Å². The van der Waals surface area contributed by atoms with Crippen LogP contribution in [0.1, 0.15) is 18.4 Å². The minimum absolute atomic E-state index is 0.150. The summed E-state index contributed by atoms with van der Waals surface area (Å²) in [4.78, 5) is 13.3. The molecule has 3 N–H and O–H groups in total. The van der Waals surface area contributed by atoms with Crippen LogP contribution in [0.2, 0.25) is 0 Å². The quantitative estimate of drug-likeness (QED) is 0.784. The molecule has 1 fully saturated rings. The maximum absolute atomic E-state index is 13.2. The van der Waals surface area contributed by atoms with Crippen LogP contribution < -0.4 is 11.1 Å². The van der Waals surface area contributed by atoms with E-state index in [1.165, 1.54) is 4.90 Å². The van der Waals surface area contributed by atoms with Crippen molar-refractivity contribution in [2.45, 2.75) is 25.1 Å². The molecule has 116 valence electrons. The van der Waals surface area contributed by atoms with Crippen molar-refractivity contribution in [3.63, 3.8) is 0 Å². The number of nitrogens with two attached hydrogens (primary N) is 1. The molecular weight excluding hydrogens is 290 g/mol. The van der Waals surface area contributed by atoms with Crippen LogP contribution in [0, 0.1) is 5.82 Å². The van der Waals surface area contributed by atoms with Crippen molar-refractivity contribution in [3.05, 3.63) is 29.6 Å². The van der Waals surface area contributed by atoms with Gasteiger partial charge in [-0.2, -0.15) is 13.2 Å². The Morgan fingerprint density at radius 3 is 2.67 bits per heavy atom. The van der Waals surface area contributed by atoms with E-state index in [0.29, 0.717) is 25.2 Å². The van der Waals surface area contributed by atoms with E-state index in [9.17, 15) is 22.4 Å². The molecule has 0 aromatic heterocycles. The zero-order valence-electron chi connectivity index (χ0n) is 11.1. The number of anilines is 1. The molecule has 0 aliphatic carbocycles. The van der Waals surface area contributed by atoms with Gasteiger partial charge < -0.3 is 16.0 Å². The second-order valence-corrected chi connectivity index (χ2v) is 5.00. The third kappa shape index (κ3) is 4.07. The molecule has 1 atom stereocenters. The Kier molecular flexibility index (Phi) is 4.36. The summed E-state index contributed by atoms with van der Waals surface area (Å²) in [5.41, 5.74) is 4.36. The molecule has 1 saturated heterocycles. The zero-order valence-corrected chi connectivity index (χ0v) is 11.1. The Bertz CT molecular complexity index is 533. The molecule has 0 spiro atoms. The molecule has 1 aliphatic heterocycles. The van der Waals surface area contributed by atoms with Crippen molar-refractivity contribution in [2.24, 2.45) is 5.73 Å². The molecule has 1 unspecified atom stereocenters. The van der Waals surface area contributed by atoms with Gasteiger partial charge in [0.25, 0.3) is 0 Å². The molecule has 1 aliphatic rings. The lowest BCUT2D eigenvalue weighted by atomic mass is 10.1. The third-order valence-corrected chi connectivity index (χ3v) is 3.22. The first kappa shape index (κ1) is 15.6. The highest BCUT2D eigenvalue weighted by Gasteiger charge is 2.31. The number of hydrogen-bond donors (Lipinski definition) is 2. The number of halogens is 4. The molecule has 2 amide bonds. The average Bonchev–Trinajstić information content (AvgIpc) is 2.37. The summed E-state index contributed by atoms with van der Waals surface area (Å²) in [6.45, 7) is 0.800. The molecule has 1 aromatic carbocycles. The van der Waals surface area contributed by atoms with Crippen molar-refractivity contribution >= 4 is 11.7 Å². The third-order valence-electron chi connectivity index (χ3n) is 3.22. The van der Waals surface area contributed by atoms with Crippen LogP contribution in [0.5, 0.6) is 0 Å². The van der Waals surface area contributed by atoms with E-state index in [4.69, 9.17) is 5.73 Å². The Balaban J connectivity index is 2.12. The van der Waals surface area contributed by atoms with E-state index >= 15 is 0 Å². The molecule has 2 rings (SSSR count). The molecule has 1 aromatic rings. The number of amides is 2. The van der Waals surface area contributed by atoms with Crippen molar-refractivity contribution in [1.82, 2.24) is 4.90 Å². The van der Waals surface area contributed by atoms with Crippen molar-refractivity contribution < 1.29 is 22.4 Å². The molecule has 0 saturated carbocycles. The van der Waals surface area contributed by atoms with Crippen molar-refractivity contribution in [3.8, 4) is 0 Å². The van der Waals surface area contributed by atoms with Crippen LogP contribution in [-0.2, 0) is 6.18 Å². The van der Waals surface area contributed by atoms with Gasteiger partial charge in [-0.05, 0) is 31.0 Å². The maximum Gasteiger partial charge on any atom is 0.416 e. The normalized spacial score (nSPS) is 19.5. The Hall–Kier alpha value is -1.83. The summed E-state index contributed by atoms with van der Waals surface area (Å²) in [6, 6.07) is 1.19. The monoisotopic (exact) mass is 305 g/mol. The Morgan fingerprint density at radius 1 is 1.33 bits per heavy atom. The minimum Gasteiger partial charge on any atom is -0.326 e. The number of piperidine rings is 1. The second-order valence-electron chi connectivity index (χ2n) is 5.00. The Labute approximate surface area is 118 Å². The molecule has 4 nitrogen and oxygen atoms in total. The van der Waals surface area contributed by atoms with Gasteiger partial charge in [-0.3, -0.25) is 0 Å². The topological polar surface area (TPSA) is 58.4 Å². The number of alkyl halides is 3. The van der Waals surface area contributed by atoms with E-state index in [-0.39, 0.29) is 11.7 Å². The summed E-state index contributed by atoms with van der Waals surface area (Å²) < 4.78 is 51.0. The summed E-state index contributed by atoms with van der Waals surface area (Å²) in [5, 5.41) is 2.28. The lowest BCUT2D eigenvalue weighted by Gasteiger charge is -2.30. The fourth-order valence-electron chi connectivity index (χ4n) is 2.22. The molecule has 1 heterocycles. The van der Waals surface area contributed by atoms with Gasteiger partial charge in [-0.25, -0.2) is 9.18 Å². The first-order valence-electron chi connectivity index (χ1n) is 6.45. The van der Waals surface area contributed by atoms with Gasteiger partial charge in [0.15, 0.2) is 0 Å². The minimum atomic E-state index is -4.67. The first-order chi connectivity index (χ1) is 9.75. The molecule has 0 bridgehead atoms. The fraction of sp³-hybridized carbons (Fsp3) is 0.462. The van der Waals surface area contributed by atoms with Crippen LogP contribution in [0.25, 0.3) is 0 Å². The number of nitrogens with zero attached hydrogens (tertiary/aromatic N) is 1. The van der Waals surface area contributed by atoms with Crippen molar-refractivity contribution in [1.29, 1.82) is 0 Å². The summed E-state index contributed by atoms with van der Waals surface area (Å²) >= 11 is 0. The molecule has 0 radical (unpaired) electrons. The number of benzene rings is 1. The highest BCUT2D eigenvalue weighted by atomic mass is 19.4. The van der Waals surface area contributed by atoms with E-state index in [2.05, 4.69) is 5.32 Å². The molecule has 8 heteroatoms. The van der Waals surface area contributed by atoms with Gasteiger partial charge >= 0.3 is 12.2 Å². The van der Waals surface area contributed by atoms with E-state index in [1.807, 2.05) is 0 Å². The van der Waals surface area contributed by atoms with Crippen molar-refractivity contribution in [2.75, 3.05) is 18.4 Å². The van der Waals surface area contributed by atoms with Crippen LogP contribution in [0.15, 0.2) is 18.2 Å². The SMILES string of the molecule is NC1CCCN(C(=O)Nc2cc(F)cc(C(F)(F)F)c2)C1. The predicted molar refractivity (Wildman–Crippen MR) is 69.2 cm³/mol. The average molecular weight is 305 g/mol. The highest BCUT2D eigenvalue weighted by molar-refractivity contribution is 5.89. The number of urea groups is 1. The van der Waals surface area contributed by atoms with Gasteiger partial charge in [0.2, 0.25) is 0 Å². The number of carbonyl (C=O) groups is 1.